The fraction of sp³-hybridized carbons (Fsp3) is 0.217. The molecule has 4 rings (SSSR count). The van der Waals surface area contributed by atoms with E-state index in [-0.39, 0.29) is 29.7 Å². The van der Waals surface area contributed by atoms with Gasteiger partial charge in [-0.3, -0.25) is 9.36 Å². The smallest absolute Gasteiger partial charge is 0.263 e. The van der Waals surface area contributed by atoms with Crippen LogP contribution < -0.4 is 5.56 Å². The van der Waals surface area contributed by atoms with E-state index in [9.17, 15) is 13.6 Å². The minimum absolute atomic E-state index is 0.0253. The summed E-state index contributed by atoms with van der Waals surface area (Å²) in [5.74, 6) is 0.0275. The topological polar surface area (TPSA) is 34.9 Å². The van der Waals surface area contributed by atoms with Crippen LogP contribution in [0.5, 0.6) is 0 Å². The molecule has 3 nitrogen and oxygen atoms in total. The van der Waals surface area contributed by atoms with Crippen molar-refractivity contribution >= 4 is 21.6 Å². The van der Waals surface area contributed by atoms with E-state index in [1.807, 2.05) is 20.8 Å². The molecule has 0 aliphatic heterocycles. The summed E-state index contributed by atoms with van der Waals surface area (Å²) in [6.07, 6.45) is 0. The largest absolute Gasteiger partial charge is 0.291 e. The van der Waals surface area contributed by atoms with Gasteiger partial charge in [0.15, 0.2) is 0 Å². The average Bonchev–Trinajstić information content (AvgIpc) is 3.01. The molecule has 0 saturated carbocycles. The number of aromatic nitrogens is 2. The molecule has 148 valence electrons. The Morgan fingerprint density at radius 3 is 2.45 bits per heavy atom. The second-order valence-electron chi connectivity index (χ2n) is 7.37. The summed E-state index contributed by atoms with van der Waals surface area (Å²) < 4.78 is 28.7. The number of aryl methyl sites for hydroxylation is 1. The highest BCUT2D eigenvalue weighted by atomic mass is 32.1. The quantitative estimate of drug-likeness (QED) is 0.421. The maximum atomic E-state index is 13.7. The minimum atomic E-state index is -0.339. The lowest BCUT2D eigenvalue weighted by Crippen LogP contribution is -2.26. The Balaban J connectivity index is 1.98. The van der Waals surface area contributed by atoms with Crippen LogP contribution in [0.15, 0.2) is 53.3 Å². The first-order chi connectivity index (χ1) is 13.8. The van der Waals surface area contributed by atoms with Gasteiger partial charge in [-0.05, 0) is 42.3 Å². The van der Waals surface area contributed by atoms with Crippen LogP contribution in [0.1, 0.15) is 36.0 Å². The fourth-order valence-electron chi connectivity index (χ4n) is 3.59. The molecule has 6 heteroatoms. The lowest BCUT2D eigenvalue weighted by atomic mass is 10.0. The molecule has 0 bridgehead atoms. The number of benzene rings is 2. The summed E-state index contributed by atoms with van der Waals surface area (Å²) >= 11 is 1.46. The molecule has 0 N–H and O–H groups in total. The zero-order valence-electron chi connectivity index (χ0n) is 16.4. The molecular formula is C23H20F2N2OS. The third-order valence-corrected chi connectivity index (χ3v) is 5.90. The number of hydrogen-bond donors (Lipinski definition) is 0. The molecule has 4 aromatic rings. The first-order valence-corrected chi connectivity index (χ1v) is 10.2. The van der Waals surface area contributed by atoms with Crippen molar-refractivity contribution in [2.24, 2.45) is 0 Å². The summed E-state index contributed by atoms with van der Waals surface area (Å²) in [7, 11) is 0. The molecule has 2 heterocycles. The van der Waals surface area contributed by atoms with Crippen LogP contribution in [-0.4, -0.2) is 9.55 Å². The maximum absolute atomic E-state index is 13.7. The SMILES string of the molecule is Cc1sc2nc(C(C)C)n(Cc3cccc(F)c3)c(=O)c2c1-c1ccc(F)cc1. The zero-order valence-corrected chi connectivity index (χ0v) is 17.2. The lowest BCUT2D eigenvalue weighted by molar-refractivity contribution is 0.612. The minimum Gasteiger partial charge on any atom is -0.291 e. The van der Waals surface area contributed by atoms with E-state index < -0.39 is 0 Å². The molecule has 0 aliphatic carbocycles. The number of thiophene rings is 1. The van der Waals surface area contributed by atoms with Crippen molar-refractivity contribution in [3.63, 3.8) is 0 Å². The average molecular weight is 410 g/mol. The molecule has 0 spiro atoms. The Kier molecular flexibility index (Phi) is 5.04. The van der Waals surface area contributed by atoms with E-state index in [1.165, 1.54) is 35.6 Å². The van der Waals surface area contributed by atoms with Gasteiger partial charge in [-0.15, -0.1) is 11.3 Å². The van der Waals surface area contributed by atoms with Gasteiger partial charge in [0.1, 0.15) is 22.3 Å². The molecule has 29 heavy (non-hydrogen) atoms. The molecule has 0 radical (unpaired) electrons. The molecule has 0 saturated heterocycles. The monoisotopic (exact) mass is 410 g/mol. The van der Waals surface area contributed by atoms with Crippen molar-refractivity contribution in [3.05, 3.63) is 86.8 Å². The Morgan fingerprint density at radius 2 is 1.79 bits per heavy atom. The van der Waals surface area contributed by atoms with Crippen molar-refractivity contribution in [3.8, 4) is 11.1 Å². The Bertz CT molecular complexity index is 1260. The third-order valence-electron chi connectivity index (χ3n) is 4.90. The second kappa shape index (κ2) is 7.52. The second-order valence-corrected chi connectivity index (χ2v) is 8.57. The number of hydrogen-bond acceptors (Lipinski definition) is 3. The zero-order chi connectivity index (χ0) is 20.7. The van der Waals surface area contributed by atoms with Crippen molar-refractivity contribution < 1.29 is 8.78 Å². The van der Waals surface area contributed by atoms with Gasteiger partial charge in [0.25, 0.3) is 5.56 Å². The number of fused-ring (bicyclic) bond motifs is 1. The molecular weight excluding hydrogens is 390 g/mol. The summed E-state index contributed by atoms with van der Waals surface area (Å²) in [6.45, 7) is 6.15. The highest BCUT2D eigenvalue weighted by Crippen LogP contribution is 2.36. The fourth-order valence-corrected chi connectivity index (χ4v) is 4.63. The highest BCUT2D eigenvalue weighted by Gasteiger charge is 2.21. The van der Waals surface area contributed by atoms with Crippen molar-refractivity contribution in [2.45, 2.75) is 33.2 Å². The predicted octanol–water partition coefficient (Wildman–Crippen LogP) is 5.88. The van der Waals surface area contributed by atoms with Crippen LogP contribution >= 0.6 is 11.3 Å². The van der Waals surface area contributed by atoms with Crippen molar-refractivity contribution in [1.82, 2.24) is 9.55 Å². The molecule has 2 aromatic carbocycles. The van der Waals surface area contributed by atoms with Gasteiger partial charge < -0.3 is 0 Å². The van der Waals surface area contributed by atoms with Crippen LogP contribution in [0.2, 0.25) is 0 Å². The Labute approximate surface area is 171 Å². The van der Waals surface area contributed by atoms with Crippen molar-refractivity contribution in [1.29, 1.82) is 0 Å². The van der Waals surface area contributed by atoms with E-state index in [1.54, 1.807) is 28.8 Å². The number of rotatable bonds is 4. The van der Waals surface area contributed by atoms with Gasteiger partial charge in [-0.1, -0.05) is 38.1 Å². The number of halogens is 2. The van der Waals surface area contributed by atoms with Crippen LogP contribution in [0.4, 0.5) is 8.78 Å². The molecule has 0 unspecified atom stereocenters. The van der Waals surface area contributed by atoms with Crippen LogP contribution in [0.25, 0.3) is 21.3 Å². The first kappa shape index (κ1) is 19.5. The molecule has 0 amide bonds. The van der Waals surface area contributed by atoms with Crippen molar-refractivity contribution in [2.75, 3.05) is 0 Å². The Morgan fingerprint density at radius 1 is 1.07 bits per heavy atom. The Hall–Kier alpha value is -2.86. The molecule has 0 aliphatic rings. The van der Waals surface area contributed by atoms with Crippen LogP contribution in [0, 0.1) is 18.6 Å². The van der Waals surface area contributed by atoms with Gasteiger partial charge in [0, 0.05) is 16.4 Å². The van der Waals surface area contributed by atoms with E-state index in [0.29, 0.717) is 21.6 Å². The van der Waals surface area contributed by atoms with E-state index in [4.69, 9.17) is 4.98 Å². The standard InChI is InChI=1S/C23H20F2N2OS/c1-13(2)21-26-22-20(19(14(3)29-22)16-7-9-17(24)10-8-16)23(28)27(21)12-15-5-4-6-18(25)11-15/h4-11,13H,12H2,1-3H3. The van der Waals surface area contributed by atoms with Crippen LogP contribution in [-0.2, 0) is 6.54 Å². The van der Waals surface area contributed by atoms with E-state index >= 15 is 0 Å². The van der Waals surface area contributed by atoms with Gasteiger partial charge in [-0.2, -0.15) is 0 Å². The van der Waals surface area contributed by atoms with Crippen LogP contribution in [0.3, 0.4) is 0 Å². The normalized spacial score (nSPS) is 11.5. The summed E-state index contributed by atoms with van der Waals surface area (Å²) in [4.78, 5) is 20.0. The predicted molar refractivity (Wildman–Crippen MR) is 114 cm³/mol. The first-order valence-electron chi connectivity index (χ1n) is 9.39. The maximum Gasteiger partial charge on any atom is 0.263 e. The summed E-state index contributed by atoms with van der Waals surface area (Å²) in [6, 6.07) is 12.4. The van der Waals surface area contributed by atoms with Gasteiger partial charge in [-0.25, -0.2) is 13.8 Å². The van der Waals surface area contributed by atoms with Gasteiger partial charge in [0.05, 0.1) is 11.9 Å². The third kappa shape index (κ3) is 3.60. The van der Waals surface area contributed by atoms with E-state index in [0.717, 1.165) is 16.0 Å². The number of nitrogens with zero attached hydrogens (tertiary/aromatic N) is 2. The van der Waals surface area contributed by atoms with Gasteiger partial charge >= 0.3 is 0 Å². The molecule has 0 atom stereocenters. The molecule has 0 fully saturated rings. The summed E-state index contributed by atoms with van der Waals surface area (Å²) in [5.41, 5.74) is 2.10. The summed E-state index contributed by atoms with van der Waals surface area (Å²) in [5, 5.41) is 0.528. The molecule has 2 aromatic heterocycles. The highest BCUT2D eigenvalue weighted by molar-refractivity contribution is 7.19. The van der Waals surface area contributed by atoms with E-state index in [2.05, 4.69) is 0 Å². The lowest BCUT2D eigenvalue weighted by Gasteiger charge is -2.15. The van der Waals surface area contributed by atoms with Gasteiger partial charge in [0.2, 0.25) is 0 Å².